The van der Waals surface area contributed by atoms with Crippen LogP contribution in [0.1, 0.15) is 19.8 Å². The molecule has 0 aromatic heterocycles. The van der Waals surface area contributed by atoms with Gasteiger partial charge < -0.3 is 15.2 Å². The number of ether oxygens (including phenoxy) is 1. The Bertz CT molecular complexity index is 273. The SMILES string of the molecule is CC(=O)NCCCCOCCO.CS(=O)(=O)Cl. The molecule has 0 aliphatic rings. The molecule has 0 aliphatic carbocycles. The van der Waals surface area contributed by atoms with Crippen LogP contribution in [-0.4, -0.2) is 52.1 Å². The lowest BCUT2D eigenvalue weighted by molar-refractivity contribution is -0.118. The Morgan fingerprint density at radius 2 is 1.88 bits per heavy atom. The predicted molar refractivity (Wildman–Crippen MR) is 66.5 cm³/mol. The van der Waals surface area contributed by atoms with Gasteiger partial charge in [0.15, 0.2) is 0 Å². The number of aliphatic hydroxyl groups excluding tert-OH is 1. The topological polar surface area (TPSA) is 92.7 Å². The van der Waals surface area contributed by atoms with Crippen molar-refractivity contribution in [3.8, 4) is 0 Å². The molecule has 0 unspecified atom stereocenters. The van der Waals surface area contributed by atoms with Crippen LogP contribution in [-0.2, 0) is 18.6 Å². The zero-order valence-corrected chi connectivity index (χ0v) is 11.7. The summed E-state index contributed by atoms with van der Waals surface area (Å²) < 4.78 is 23.8. The molecule has 1 amide bonds. The fourth-order valence-corrected chi connectivity index (χ4v) is 0.760. The van der Waals surface area contributed by atoms with E-state index in [1.807, 2.05) is 0 Å². The molecule has 0 radical (unpaired) electrons. The Kier molecular flexibility index (Phi) is 13.5. The van der Waals surface area contributed by atoms with Gasteiger partial charge in [0.2, 0.25) is 15.0 Å². The fraction of sp³-hybridized carbons (Fsp3) is 0.889. The molecule has 0 aromatic carbocycles. The van der Waals surface area contributed by atoms with Crippen molar-refractivity contribution in [3.05, 3.63) is 0 Å². The summed E-state index contributed by atoms with van der Waals surface area (Å²) in [6.45, 7) is 3.34. The van der Waals surface area contributed by atoms with E-state index in [0.29, 0.717) is 19.8 Å². The van der Waals surface area contributed by atoms with Crippen molar-refractivity contribution in [3.63, 3.8) is 0 Å². The summed E-state index contributed by atoms with van der Waals surface area (Å²) >= 11 is 0. The molecule has 0 aromatic rings. The Balaban J connectivity index is 0. The molecular formula is C9H20ClNO5S. The van der Waals surface area contributed by atoms with Crippen LogP contribution < -0.4 is 5.32 Å². The van der Waals surface area contributed by atoms with E-state index in [1.54, 1.807) is 0 Å². The maximum absolute atomic E-state index is 10.4. The molecule has 0 rings (SSSR count). The molecule has 0 heterocycles. The highest BCUT2D eigenvalue weighted by atomic mass is 35.7. The second-order valence-electron chi connectivity index (χ2n) is 3.21. The first-order valence-corrected chi connectivity index (χ1v) is 7.81. The molecule has 6 nitrogen and oxygen atoms in total. The average Bonchev–Trinajstić information content (AvgIpc) is 2.13. The van der Waals surface area contributed by atoms with Crippen molar-refractivity contribution in [2.45, 2.75) is 19.8 Å². The zero-order chi connectivity index (χ0) is 13.7. The van der Waals surface area contributed by atoms with Gasteiger partial charge in [0.1, 0.15) is 0 Å². The van der Waals surface area contributed by atoms with Gasteiger partial charge in [0, 0.05) is 30.8 Å². The van der Waals surface area contributed by atoms with Crippen LogP contribution in [0.25, 0.3) is 0 Å². The number of rotatable bonds is 7. The van der Waals surface area contributed by atoms with Crippen LogP contribution in [0.3, 0.4) is 0 Å². The maximum atomic E-state index is 10.4. The third-order valence-corrected chi connectivity index (χ3v) is 1.33. The Labute approximate surface area is 107 Å². The zero-order valence-electron chi connectivity index (χ0n) is 10.1. The van der Waals surface area contributed by atoms with E-state index in [0.717, 1.165) is 19.1 Å². The summed E-state index contributed by atoms with van der Waals surface area (Å²) in [5.74, 6) is 0.00581. The van der Waals surface area contributed by atoms with E-state index < -0.39 is 9.05 Å². The van der Waals surface area contributed by atoms with Crippen LogP contribution in [0.15, 0.2) is 0 Å². The van der Waals surface area contributed by atoms with E-state index in [4.69, 9.17) is 9.84 Å². The number of carbonyl (C=O) groups excluding carboxylic acids is 1. The van der Waals surface area contributed by atoms with Gasteiger partial charge in [-0.15, -0.1) is 0 Å². The number of nitrogens with one attached hydrogen (secondary N) is 1. The van der Waals surface area contributed by atoms with Crippen molar-refractivity contribution in [2.24, 2.45) is 0 Å². The molecule has 0 fully saturated rings. The average molecular weight is 290 g/mol. The summed E-state index contributed by atoms with van der Waals surface area (Å²) in [6, 6.07) is 0. The van der Waals surface area contributed by atoms with Gasteiger partial charge in [-0.05, 0) is 12.8 Å². The molecule has 0 spiro atoms. The Morgan fingerprint density at radius 1 is 1.35 bits per heavy atom. The predicted octanol–water partition coefficient (Wildman–Crippen LogP) is 0.0964. The van der Waals surface area contributed by atoms with Gasteiger partial charge in [-0.25, -0.2) is 8.42 Å². The standard InChI is InChI=1S/C8H17NO3.CH3ClO2S/c1-8(11)9-4-2-3-6-12-7-5-10;1-5(2,3)4/h10H,2-7H2,1H3,(H,9,11);1H3. The number of aliphatic hydroxyl groups is 1. The smallest absolute Gasteiger partial charge is 0.229 e. The van der Waals surface area contributed by atoms with Gasteiger partial charge in [-0.2, -0.15) is 0 Å². The van der Waals surface area contributed by atoms with Crippen molar-refractivity contribution in [2.75, 3.05) is 32.6 Å². The Hall–Kier alpha value is -0.370. The van der Waals surface area contributed by atoms with E-state index in [-0.39, 0.29) is 12.5 Å². The summed E-state index contributed by atoms with van der Waals surface area (Å²) in [4.78, 5) is 10.4. The van der Waals surface area contributed by atoms with Crippen LogP contribution in [0.2, 0.25) is 0 Å². The number of amides is 1. The first kappa shape index (κ1) is 19.0. The first-order chi connectivity index (χ1) is 7.77. The van der Waals surface area contributed by atoms with Crippen LogP contribution in [0.4, 0.5) is 0 Å². The molecule has 0 aliphatic heterocycles. The van der Waals surface area contributed by atoms with Crippen LogP contribution in [0, 0.1) is 0 Å². The lowest BCUT2D eigenvalue weighted by Crippen LogP contribution is -2.21. The van der Waals surface area contributed by atoms with Gasteiger partial charge >= 0.3 is 0 Å². The highest BCUT2D eigenvalue weighted by molar-refractivity contribution is 8.13. The molecule has 0 atom stereocenters. The minimum absolute atomic E-state index is 0.00581. The molecule has 0 saturated heterocycles. The quantitative estimate of drug-likeness (QED) is 0.512. The Morgan fingerprint density at radius 3 is 2.29 bits per heavy atom. The number of hydrogen-bond donors (Lipinski definition) is 2. The van der Waals surface area contributed by atoms with Crippen molar-refractivity contribution in [1.82, 2.24) is 5.32 Å². The highest BCUT2D eigenvalue weighted by Gasteiger charge is 1.91. The minimum Gasteiger partial charge on any atom is -0.394 e. The van der Waals surface area contributed by atoms with Gasteiger partial charge in [0.05, 0.1) is 19.5 Å². The lowest BCUT2D eigenvalue weighted by Gasteiger charge is -2.02. The van der Waals surface area contributed by atoms with Gasteiger partial charge in [-0.1, -0.05) is 0 Å². The number of hydrogen-bond acceptors (Lipinski definition) is 5. The lowest BCUT2D eigenvalue weighted by atomic mass is 10.3. The molecular weight excluding hydrogens is 270 g/mol. The van der Waals surface area contributed by atoms with Crippen LogP contribution in [0.5, 0.6) is 0 Å². The first-order valence-electron chi connectivity index (χ1n) is 5.10. The summed E-state index contributed by atoms with van der Waals surface area (Å²) in [5, 5.41) is 11.1. The normalized spacial score (nSPS) is 10.4. The van der Waals surface area contributed by atoms with Crippen LogP contribution >= 0.6 is 10.7 Å². The summed E-state index contributed by atoms with van der Waals surface area (Å²) in [6.07, 6.45) is 2.76. The summed E-state index contributed by atoms with van der Waals surface area (Å²) in [7, 11) is 1.31. The second-order valence-corrected chi connectivity index (χ2v) is 6.25. The molecule has 2 N–H and O–H groups in total. The van der Waals surface area contributed by atoms with E-state index in [1.165, 1.54) is 6.92 Å². The molecule has 8 heteroatoms. The van der Waals surface area contributed by atoms with E-state index in [9.17, 15) is 13.2 Å². The molecule has 104 valence electrons. The molecule has 17 heavy (non-hydrogen) atoms. The third kappa shape index (κ3) is 39.0. The van der Waals surface area contributed by atoms with Gasteiger partial charge in [-0.3, -0.25) is 4.79 Å². The maximum Gasteiger partial charge on any atom is 0.229 e. The molecule has 0 saturated carbocycles. The van der Waals surface area contributed by atoms with E-state index in [2.05, 4.69) is 16.0 Å². The number of halogens is 1. The monoisotopic (exact) mass is 289 g/mol. The number of unbranched alkanes of at least 4 members (excludes halogenated alkanes) is 1. The van der Waals surface area contributed by atoms with E-state index >= 15 is 0 Å². The third-order valence-electron chi connectivity index (χ3n) is 1.33. The van der Waals surface area contributed by atoms with Crippen molar-refractivity contribution in [1.29, 1.82) is 0 Å². The van der Waals surface area contributed by atoms with Crippen molar-refractivity contribution < 1.29 is 23.1 Å². The highest BCUT2D eigenvalue weighted by Crippen LogP contribution is 1.87. The summed E-state index contributed by atoms with van der Waals surface area (Å²) in [5.41, 5.74) is 0. The van der Waals surface area contributed by atoms with Gasteiger partial charge in [0.25, 0.3) is 0 Å². The second kappa shape index (κ2) is 12.1. The van der Waals surface area contributed by atoms with Crippen molar-refractivity contribution >= 4 is 25.6 Å². The number of carbonyl (C=O) groups is 1. The minimum atomic E-state index is -3.19. The fourth-order valence-electron chi connectivity index (χ4n) is 0.760. The largest absolute Gasteiger partial charge is 0.394 e. The molecule has 0 bridgehead atoms.